The summed E-state index contributed by atoms with van der Waals surface area (Å²) in [6.07, 6.45) is 1.92. The highest BCUT2D eigenvalue weighted by molar-refractivity contribution is 6.00. The molecule has 0 aliphatic carbocycles. The molecule has 2 nitrogen and oxygen atoms in total. The van der Waals surface area contributed by atoms with Gasteiger partial charge in [-0.2, -0.15) is 0 Å². The van der Waals surface area contributed by atoms with Gasteiger partial charge in [0.2, 0.25) is 0 Å². The standard InChI is InChI=1S/C15H23NO/c1-5-7-14(16-6-2)15(17)13-9-8-11(3)12(4)10-13/h8-10,14,16H,5-7H2,1-4H3. The highest BCUT2D eigenvalue weighted by atomic mass is 16.1. The molecule has 0 fully saturated rings. The lowest BCUT2D eigenvalue weighted by molar-refractivity contribution is 0.0938. The summed E-state index contributed by atoms with van der Waals surface area (Å²) in [6, 6.07) is 5.92. The van der Waals surface area contributed by atoms with Gasteiger partial charge in [0.1, 0.15) is 0 Å². The van der Waals surface area contributed by atoms with E-state index in [1.54, 1.807) is 0 Å². The van der Waals surface area contributed by atoms with E-state index in [2.05, 4.69) is 19.2 Å². The maximum Gasteiger partial charge on any atom is 0.179 e. The molecule has 1 aromatic rings. The minimum atomic E-state index is -0.0351. The van der Waals surface area contributed by atoms with Crippen molar-refractivity contribution in [2.75, 3.05) is 6.54 Å². The molecule has 17 heavy (non-hydrogen) atoms. The van der Waals surface area contributed by atoms with Crippen molar-refractivity contribution < 1.29 is 4.79 Å². The van der Waals surface area contributed by atoms with E-state index in [0.29, 0.717) is 0 Å². The van der Waals surface area contributed by atoms with Gasteiger partial charge in [-0.05, 0) is 44.0 Å². The molecule has 0 saturated heterocycles. The summed E-state index contributed by atoms with van der Waals surface area (Å²) in [4.78, 5) is 12.3. The van der Waals surface area contributed by atoms with Gasteiger partial charge in [0.05, 0.1) is 6.04 Å². The van der Waals surface area contributed by atoms with Crippen LogP contribution in [0.4, 0.5) is 0 Å². The number of hydrogen-bond donors (Lipinski definition) is 1. The number of likely N-dealkylation sites (N-methyl/N-ethyl adjacent to an activating group) is 1. The molecule has 0 saturated carbocycles. The van der Waals surface area contributed by atoms with Crippen molar-refractivity contribution >= 4 is 5.78 Å². The number of rotatable bonds is 6. The Morgan fingerprint density at radius 2 is 1.94 bits per heavy atom. The summed E-state index contributed by atoms with van der Waals surface area (Å²) >= 11 is 0. The van der Waals surface area contributed by atoms with Crippen LogP contribution >= 0.6 is 0 Å². The lowest BCUT2D eigenvalue weighted by Gasteiger charge is -2.16. The predicted molar refractivity (Wildman–Crippen MR) is 72.6 cm³/mol. The van der Waals surface area contributed by atoms with Gasteiger partial charge in [0.15, 0.2) is 5.78 Å². The number of Topliss-reactive ketones (excluding diaryl/α,β-unsaturated/α-hetero) is 1. The molecule has 1 aromatic carbocycles. The van der Waals surface area contributed by atoms with Crippen molar-refractivity contribution in [2.45, 2.75) is 46.6 Å². The molecule has 0 spiro atoms. The Hall–Kier alpha value is -1.15. The average molecular weight is 233 g/mol. The molecule has 94 valence electrons. The summed E-state index contributed by atoms with van der Waals surface area (Å²) in [6.45, 7) is 9.10. The lowest BCUT2D eigenvalue weighted by atomic mass is 9.97. The highest BCUT2D eigenvalue weighted by Gasteiger charge is 2.18. The molecule has 1 unspecified atom stereocenters. The van der Waals surface area contributed by atoms with Crippen molar-refractivity contribution in [3.63, 3.8) is 0 Å². The first kappa shape index (κ1) is 13.9. The smallest absolute Gasteiger partial charge is 0.179 e. The number of ketones is 1. The van der Waals surface area contributed by atoms with Crippen molar-refractivity contribution in [3.8, 4) is 0 Å². The van der Waals surface area contributed by atoms with Crippen LogP contribution < -0.4 is 5.32 Å². The van der Waals surface area contributed by atoms with Crippen LogP contribution in [0, 0.1) is 13.8 Å². The topological polar surface area (TPSA) is 29.1 Å². The van der Waals surface area contributed by atoms with Crippen LogP contribution in [0.15, 0.2) is 18.2 Å². The van der Waals surface area contributed by atoms with Crippen molar-refractivity contribution in [1.29, 1.82) is 0 Å². The molecular formula is C15H23NO. The van der Waals surface area contributed by atoms with Gasteiger partial charge in [-0.15, -0.1) is 0 Å². The van der Waals surface area contributed by atoms with E-state index in [4.69, 9.17) is 0 Å². The first-order valence-corrected chi connectivity index (χ1v) is 6.45. The fourth-order valence-corrected chi connectivity index (χ4v) is 1.96. The first-order chi connectivity index (χ1) is 8.10. The molecule has 0 aliphatic heterocycles. The molecule has 0 aromatic heterocycles. The average Bonchev–Trinajstić information content (AvgIpc) is 2.31. The quantitative estimate of drug-likeness (QED) is 0.764. The Kier molecular flexibility index (Phi) is 5.36. The maximum atomic E-state index is 12.3. The van der Waals surface area contributed by atoms with Gasteiger partial charge in [0.25, 0.3) is 0 Å². The molecule has 0 heterocycles. The fraction of sp³-hybridized carbons (Fsp3) is 0.533. The molecule has 1 N–H and O–H groups in total. The van der Waals surface area contributed by atoms with Gasteiger partial charge >= 0.3 is 0 Å². The largest absolute Gasteiger partial charge is 0.307 e. The third-order valence-electron chi connectivity index (χ3n) is 3.14. The summed E-state index contributed by atoms with van der Waals surface area (Å²) in [5.74, 6) is 0.219. The number of aryl methyl sites for hydroxylation is 2. The molecule has 1 atom stereocenters. The zero-order chi connectivity index (χ0) is 12.8. The molecule has 2 heteroatoms. The third-order valence-corrected chi connectivity index (χ3v) is 3.14. The van der Waals surface area contributed by atoms with Crippen LogP contribution in [-0.2, 0) is 0 Å². The van der Waals surface area contributed by atoms with Gasteiger partial charge in [-0.1, -0.05) is 32.4 Å². The number of benzene rings is 1. The van der Waals surface area contributed by atoms with Crippen molar-refractivity contribution in [1.82, 2.24) is 5.32 Å². The van der Waals surface area contributed by atoms with Gasteiger partial charge in [-0.25, -0.2) is 0 Å². The van der Waals surface area contributed by atoms with Gasteiger partial charge < -0.3 is 5.32 Å². The van der Waals surface area contributed by atoms with Gasteiger partial charge in [-0.3, -0.25) is 4.79 Å². The van der Waals surface area contributed by atoms with Gasteiger partial charge in [0, 0.05) is 5.56 Å². The van der Waals surface area contributed by atoms with E-state index < -0.39 is 0 Å². The van der Waals surface area contributed by atoms with Crippen molar-refractivity contribution in [2.24, 2.45) is 0 Å². The fourth-order valence-electron chi connectivity index (χ4n) is 1.96. The highest BCUT2D eigenvalue weighted by Crippen LogP contribution is 2.13. The minimum Gasteiger partial charge on any atom is -0.307 e. The van der Waals surface area contributed by atoms with Crippen LogP contribution in [0.3, 0.4) is 0 Å². The van der Waals surface area contributed by atoms with Crippen molar-refractivity contribution in [3.05, 3.63) is 34.9 Å². The number of nitrogens with one attached hydrogen (secondary N) is 1. The van der Waals surface area contributed by atoms with Crippen LogP contribution in [0.1, 0.15) is 48.2 Å². The summed E-state index contributed by atoms with van der Waals surface area (Å²) in [5, 5.41) is 3.27. The van der Waals surface area contributed by atoms with E-state index in [9.17, 15) is 4.79 Å². The Morgan fingerprint density at radius 3 is 2.47 bits per heavy atom. The second kappa shape index (κ2) is 6.55. The Balaban J connectivity index is 2.88. The Labute approximate surface area is 104 Å². The number of carbonyl (C=O) groups excluding carboxylic acids is 1. The summed E-state index contributed by atoms with van der Waals surface area (Å²) < 4.78 is 0. The molecule has 1 rings (SSSR count). The normalized spacial score (nSPS) is 12.5. The van der Waals surface area contributed by atoms with E-state index in [0.717, 1.165) is 24.9 Å². The summed E-state index contributed by atoms with van der Waals surface area (Å²) in [5.41, 5.74) is 3.24. The second-order valence-corrected chi connectivity index (χ2v) is 4.56. The first-order valence-electron chi connectivity index (χ1n) is 6.45. The maximum absolute atomic E-state index is 12.3. The third kappa shape index (κ3) is 3.67. The monoisotopic (exact) mass is 233 g/mol. The van der Waals surface area contributed by atoms with E-state index in [1.807, 2.05) is 32.0 Å². The lowest BCUT2D eigenvalue weighted by Crippen LogP contribution is -2.36. The Bertz CT molecular complexity index is 379. The van der Waals surface area contributed by atoms with Crippen LogP contribution in [-0.4, -0.2) is 18.4 Å². The van der Waals surface area contributed by atoms with Crippen LogP contribution in [0.2, 0.25) is 0 Å². The number of carbonyl (C=O) groups is 1. The molecule has 0 bridgehead atoms. The zero-order valence-corrected chi connectivity index (χ0v) is 11.3. The Morgan fingerprint density at radius 1 is 1.24 bits per heavy atom. The molecular weight excluding hydrogens is 210 g/mol. The predicted octanol–water partition coefficient (Wildman–Crippen LogP) is 3.26. The molecule has 0 aliphatic rings. The zero-order valence-electron chi connectivity index (χ0n) is 11.3. The SMILES string of the molecule is CCCC(NCC)C(=O)c1ccc(C)c(C)c1. The van der Waals surface area contributed by atoms with E-state index >= 15 is 0 Å². The van der Waals surface area contributed by atoms with E-state index in [1.165, 1.54) is 11.1 Å². The molecule has 0 radical (unpaired) electrons. The molecule has 0 amide bonds. The summed E-state index contributed by atoms with van der Waals surface area (Å²) in [7, 11) is 0. The minimum absolute atomic E-state index is 0.0351. The number of hydrogen-bond acceptors (Lipinski definition) is 2. The second-order valence-electron chi connectivity index (χ2n) is 4.56. The van der Waals surface area contributed by atoms with E-state index in [-0.39, 0.29) is 11.8 Å². The van der Waals surface area contributed by atoms with Crippen LogP contribution in [0.5, 0.6) is 0 Å². The van der Waals surface area contributed by atoms with Crippen LogP contribution in [0.25, 0.3) is 0 Å².